The first kappa shape index (κ1) is 33.8. The number of benzene rings is 2. The second-order valence-corrected chi connectivity index (χ2v) is 17.2. The number of rotatable bonds is 11. The Morgan fingerprint density at radius 2 is 1.49 bits per heavy atom. The van der Waals surface area contributed by atoms with E-state index in [1.54, 1.807) is 58.0 Å². The number of hydrogen-bond acceptors (Lipinski definition) is 6. The van der Waals surface area contributed by atoms with Gasteiger partial charge in [0.2, 0.25) is 5.91 Å². The number of anilines is 2. The van der Waals surface area contributed by atoms with Crippen LogP contribution in [-0.4, -0.2) is 45.1 Å². The molecule has 0 aliphatic rings. The number of amides is 2. The minimum absolute atomic E-state index is 0.0867. The fourth-order valence-electron chi connectivity index (χ4n) is 3.61. The molecule has 0 spiro atoms. The van der Waals surface area contributed by atoms with E-state index in [4.69, 9.17) is 13.9 Å². The van der Waals surface area contributed by atoms with Crippen LogP contribution in [0.5, 0.6) is 0 Å². The molecule has 2 N–H and O–H groups in total. The summed E-state index contributed by atoms with van der Waals surface area (Å²) in [6.07, 6.45) is 3.01. The molecule has 0 fully saturated rings. The fraction of sp³-hybridized carbons (Fsp3) is 0.469. The molecule has 0 saturated carbocycles. The lowest BCUT2D eigenvalue weighted by Crippen LogP contribution is -2.41. The Labute approximate surface area is 246 Å². The van der Waals surface area contributed by atoms with Gasteiger partial charge in [-0.15, -0.1) is 0 Å². The average molecular weight is 583 g/mol. The Hall–Kier alpha value is -3.43. The molecule has 1 unspecified atom stereocenters. The molecule has 2 amide bonds. The zero-order chi connectivity index (χ0) is 30.8. The Morgan fingerprint density at radius 3 is 2.02 bits per heavy atom. The van der Waals surface area contributed by atoms with Crippen LogP contribution in [0.3, 0.4) is 0 Å². The SMILES string of the molecule is CCOC(=O)C(CCO[Si](C)(C)C(C)(C)C)c1ccc(C=CC(=O)Nc2ccccc2NC(=O)OC(C)(C)C)cc1. The van der Waals surface area contributed by atoms with E-state index >= 15 is 0 Å². The molecule has 0 radical (unpaired) electrons. The minimum atomic E-state index is -1.93. The third kappa shape index (κ3) is 11.2. The fourth-order valence-corrected chi connectivity index (χ4v) is 4.67. The average Bonchev–Trinajstić information content (AvgIpc) is 2.85. The van der Waals surface area contributed by atoms with Gasteiger partial charge in [-0.2, -0.15) is 0 Å². The quantitative estimate of drug-likeness (QED) is 0.160. The van der Waals surface area contributed by atoms with Crippen LogP contribution < -0.4 is 10.6 Å². The van der Waals surface area contributed by atoms with E-state index in [2.05, 4.69) is 44.5 Å². The van der Waals surface area contributed by atoms with Gasteiger partial charge in [-0.05, 0) is 81.6 Å². The number of hydrogen-bond donors (Lipinski definition) is 2. The van der Waals surface area contributed by atoms with Crippen LogP contribution in [0.4, 0.5) is 16.2 Å². The van der Waals surface area contributed by atoms with E-state index in [-0.39, 0.29) is 16.9 Å². The summed E-state index contributed by atoms with van der Waals surface area (Å²) >= 11 is 0. The molecule has 0 heterocycles. The van der Waals surface area contributed by atoms with Crippen LogP contribution in [0.25, 0.3) is 6.08 Å². The molecule has 2 aromatic carbocycles. The maximum atomic E-state index is 12.8. The van der Waals surface area contributed by atoms with Crippen molar-refractivity contribution in [1.82, 2.24) is 0 Å². The second-order valence-electron chi connectivity index (χ2n) is 12.4. The largest absolute Gasteiger partial charge is 0.466 e. The van der Waals surface area contributed by atoms with Gasteiger partial charge in [-0.3, -0.25) is 14.9 Å². The maximum absolute atomic E-state index is 12.8. The van der Waals surface area contributed by atoms with Gasteiger partial charge in [-0.25, -0.2) is 4.79 Å². The molecule has 2 rings (SSSR count). The van der Waals surface area contributed by atoms with Gasteiger partial charge in [0, 0.05) is 12.7 Å². The summed E-state index contributed by atoms with van der Waals surface area (Å²) in [6, 6.07) is 14.4. The molecule has 8 nitrogen and oxygen atoms in total. The van der Waals surface area contributed by atoms with Gasteiger partial charge in [0.25, 0.3) is 0 Å². The number of nitrogens with one attached hydrogen (secondary N) is 2. The summed E-state index contributed by atoms with van der Waals surface area (Å²) in [5.74, 6) is -1.07. The Kier molecular flexibility index (Phi) is 11.9. The highest BCUT2D eigenvalue weighted by molar-refractivity contribution is 6.74. The molecule has 0 bridgehead atoms. The van der Waals surface area contributed by atoms with E-state index in [1.165, 1.54) is 6.08 Å². The van der Waals surface area contributed by atoms with E-state index in [1.807, 2.05) is 24.3 Å². The smallest absolute Gasteiger partial charge is 0.412 e. The zero-order valence-corrected chi connectivity index (χ0v) is 26.9. The molecule has 0 aliphatic heterocycles. The molecular formula is C32H46N2O6Si. The van der Waals surface area contributed by atoms with Crippen molar-refractivity contribution in [3.05, 3.63) is 65.7 Å². The van der Waals surface area contributed by atoms with Crippen LogP contribution in [-0.2, 0) is 23.5 Å². The van der Waals surface area contributed by atoms with Crippen LogP contribution in [0, 0.1) is 0 Å². The van der Waals surface area contributed by atoms with Crippen molar-refractivity contribution in [2.75, 3.05) is 23.8 Å². The van der Waals surface area contributed by atoms with Crippen LogP contribution in [0.2, 0.25) is 18.1 Å². The summed E-state index contributed by atoms with van der Waals surface area (Å²) < 4.78 is 17.0. The first-order valence-electron chi connectivity index (χ1n) is 14.0. The number of ether oxygens (including phenoxy) is 2. The zero-order valence-electron chi connectivity index (χ0n) is 25.9. The topological polar surface area (TPSA) is 103 Å². The Bertz CT molecular complexity index is 1210. The lowest BCUT2D eigenvalue weighted by Gasteiger charge is -2.36. The number of carbonyl (C=O) groups excluding carboxylic acids is 3. The number of para-hydroxylation sites is 2. The van der Waals surface area contributed by atoms with Gasteiger partial charge in [0.1, 0.15) is 5.60 Å². The lowest BCUT2D eigenvalue weighted by molar-refractivity contribution is -0.145. The lowest BCUT2D eigenvalue weighted by atomic mass is 9.95. The maximum Gasteiger partial charge on any atom is 0.412 e. The van der Waals surface area contributed by atoms with E-state index in [0.29, 0.717) is 31.0 Å². The van der Waals surface area contributed by atoms with Gasteiger partial charge in [0.05, 0.1) is 23.9 Å². The van der Waals surface area contributed by atoms with E-state index in [9.17, 15) is 14.4 Å². The summed E-state index contributed by atoms with van der Waals surface area (Å²) in [5, 5.41) is 5.54. The van der Waals surface area contributed by atoms with Crippen molar-refractivity contribution in [2.24, 2.45) is 0 Å². The van der Waals surface area contributed by atoms with Gasteiger partial charge >= 0.3 is 12.1 Å². The third-order valence-corrected chi connectivity index (χ3v) is 11.4. The Balaban J connectivity index is 2.07. The molecular weight excluding hydrogens is 536 g/mol. The monoisotopic (exact) mass is 582 g/mol. The molecule has 0 aromatic heterocycles. The third-order valence-electron chi connectivity index (χ3n) is 6.83. The minimum Gasteiger partial charge on any atom is -0.466 e. The summed E-state index contributed by atoms with van der Waals surface area (Å²) in [6.45, 7) is 18.9. The van der Waals surface area contributed by atoms with Gasteiger partial charge < -0.3 is 19.2 Å². The van der Waals surface area contributed by atoms with Crippen molar-refractivity contribution < 1.29 is 28.3 Å². The molecule has 1 atom stereocenters. The predicted octanol–water partition coefficient (Wildman–Crippen LogP) is 7.74. The molecule has 2 aromatic rings. The van der Waals surface area contributed by atoms with E-state index in [0.717, 1.165) is 11.1 Å². The Morgan fingerprint density at radius 1 is 0.902 bits per heavy atom. The van der Waals surface area contributed by atoms with Crippen molar-refractivity contribution in [2.45, 2.75) is 84.5 Å². The standard InChI is InChI=1S/C32H46N2O6Si/c1-10-38-29(36)25(21-22-39-41(8,9)32(5,6)7)24-18-15-23(16-19-24)17-20-28(35)33-26-13-11-12-14-27(26)34-30(37)40-31(2,3)4/h11-20,25H,10,21-22H2,1-9H3,(H,33,35)(H,34,37). The van der Waals surface area contributed by atoms with Crippen molar-refractivity contribution >= 4 is 43.7 Å². The number of carbonyl (C=O) groups is 3. The van der Waals surface area contributed by atoms with Crippen LogP contribution in [0.1, 0.15) is 71.9 Å². The highest BCUT2D eigenvalue weighted by atomic mass is 28.4. The highest BCUT2D eigenvalue weighted by Crippen LogP contribution is 2.37. The van der Waals surface area contributed by atoms with Crippen molar-refractivity contribution in [3.63, 3.8) is 0 Å². The van der Waals surface area contributed by atoms with Gasteiger partial charge in [-0.1, -0.05) is 57.2 Å². The number of esters is 1. The molecule has 224 valence electrons. The first-order valence-corrected chi connectivity index (χ1v) is 16.9. The first-order chi connectivity index (χ1) is 19.0. The summed E-state index contributed by atoms with van der Waals surface area (Å²) in [4.78, 5) is 37.6. The van der Waals surface area contributed by atoms with E-state index < -0.39 is 25.9 Å². The highest BCUT2D eigenvalue weighted by Gasteiger charge is 2.37. The predicted molar refractivity (Wildman–Crippen MR) is 168 cm³/mol. The molecule has 0 aliphatic carbocycles. The van der Waals surface area contributed by atoms with Crippen molar-refractivity contribution in [3.8, 4) is 0 Å². The molecule has 41 heavy (non-hydrogen) atoms. The van der Waals surface area contributed by atoms with Crippen molar-refractivity contribution in [1.29, 1.82) is 0 Å². The van der Waals surface area contributed by atoms with Crippen LogP contribution >= 0.6 is 0 Å². The summed E-state index contributed by atoms with van der Waals surface area (Å²) in [5.41, 5.74) is 1.86. The normalized spacial score (nSPS) is 13.0. The molecule has 9 heteroatoms. The van der Waals surface area contributed by atoms with Crippen LogP contribution in [0.15, 0.2) is 54.6 Å². The summed E-state index contributed by atoms with van der Waals surface area (Å²) in [7, 11) is -1.93. The second kappa shape index (κ2) is 14.5. The van der Waals surface area contributed by atoms with Gasteiger partial charge in [0.15, 0.2) is 8.32 Å². The molecule has 0 saturated heterocycles.